The highest BCUT2D eigenvalue weighted by Crippen LogP contribution is 2.21. The number of carbonyl (C=O) groups is 1. The lowest BCUT2D eigenvalue weighted by Crippen LogP contribution is -2.13. The molecule has 7 heteroatoms. The molecule has 0 saturated carbocycles. The van der Waals surface area contributed by atoms with Gasteiger partial charge in [0.2, 0.25) is 0 Å². The summed E-state index contributed by atoms with van der Waals surface area (Å²) in [5.74, 6) is -1.21. The highest BCUT2D eigenvalue weighted by molar-refractivity contribution is 7.92. The molecule has 106 valence electrons. The molecule has 0 aliphatic carbocycles. The summed E-state index contributed by atoms with van der Waals surface area (Å²) in [6.07, 6.45) is 1.15. The van der Waals surface area contributed by atoms with Crippen LogP contribution >= 0.6 is 0 Å². The molecule has 0 radical (unpaired) electrons. The number of rotatable bonds is 4. The molecule has 20 heavy (non-hydrogen) atoms. The Kier molecular flexibility index (Phi) is 3.54. The van der Waals surface area contributed by atoms with Gasteiger partial charge in [0.15, 0.2) is 0 Å². The maximum atomic E-state index is 12.2. The lowest BCUT2D eigenvalue weighted by Gasteiger charge is -2.10. The maximum absolute atomic E-state index is 12.2. The van der Waals surface area contributed by atoms with Crippen LogP contribution in [0.1, 0.15) is 21.6 Å². The number of carboxylic acid groups (broad SMARTS) is 1. The van der Waals surface area contributed by atoms with Crippen LogP contribution in [-0.4, -0.2) is 24.5 Å². The van der Waals surface area contributed by atoms with Gasteiger partial charge < -0.3 is 10.1 Å². The van der Waals surface area contributed by atoms with E-state index in [2.05, 4.69) is 9.71 Å². The lowest BCUT2D eigenvalue weighted by atomic mass is 10.1. The van der Waals surface area contributed by atoms with Gasteiger partial charge in [0.05, 0.1) is 5.69 Å². The molecule has 0 atom stereocenters. The minimum atomic E-state index is -3.81. The molecule has 0 spiro atoms. The summed E-state index contributed by atoms with van der Waals surface area (Å²) < 4.78 is 26.8. The number of hydrogen-bond donors (Lipinski definition) is 3. The molecule has 0 aliphatic heterocycles. The van der Waals surface area contributed by atoms with Crippen molar-refractivity contribution >= 4 is 21.7 Å². The zero-order valence-corrected chi connectivity index (χ0v) is 11.8. The first-order valence-corrected chi connectivity index (χ1v) is 7.30. The van der Waals surface area contributed by atoms with Crippen LogP contribution in [0, 0.1) is 13.8 Å². The van der Waals surface area contributed by atoms with E-state index in [1.165, 1.54) is 0 Å². The van der Waals surface area contributed by atoms with Crippen molar-refractivity contribution in [2.75, 3.05) is 4.72 Å². The monoisotopic (exact) mass is 294 g/mol. The molecule has 1 heterocycles. The molecule has 2 rings (SSSR count). The molecule has 6 nitrogen and oxygen atoms in total. The predicted octanol–water partition coefficient (Wildman–Crippen LogP) is 2.13. The molecule has 1 aromatic heterocycles. The average Bonchev–Trinajstić information content (AvgIpc) is 2.84. The molecular formula is C13H14N2O4S. The van der Waals surface area contributed by atoms with Crippen LogP contribution in [0.5, 0.6) is 0 Å². The topological polar surface area (TPSA) is 99.3 Å². The normalized spacial score (nSPS) is 11.3. The fourth-order valence-electron chi connectivity index (χ4n) is 1.70. The van der Waals surface area contributed by atoms with Gasteiger partial charge in [-0.2, -0.15) is 0 Å². The number of aromatic nitrogens is 1. The second-order valence-electron chi connectivity index (χ2n) is 4.48. The first-order chi connectivity index (χ1) is 9.29. The van der Waals surface area contributed by atoms with E-state index in [1.807, 2.05) is 19.1 Å². The van der Waals surface area contributed by atoms with E-state index >= 15 is 0 Å². The van der Waals surface area contributed by atoms with Gasteiger partial charge in [-0.3, -0.25) is 4.72 Å². The smallest absolute Gasteiger partial charge is 0.352 e. The Morgan fingerprint density at radius 3 is 2.55 bits per heavy atom. The van der Waals surface area contributed by atoms with Gasteiger partial charge in [-0.05, 0) is 37.1 Å². The number of sulfonamides is 1. The van der Waals surface area contributed by atoms with Crippen LogP contribution in [0.15, 0.2) is 35.4 Å². The number of carboxylic acids is 1. The van der Waals surface area contributed by atoms with Crippen molar-refractivity contribution in [3.63, 3.8) is 0 Å². The predicted molar refractivity (Wildman–Crippen MR) is 74.5 cm³/mol. The SMILES string of the molecule is Cc1ccc(C)c(NS(=O)(=O)c2c[nH]c(C(=O)O)c2)c1. The van der Waals surface area contributed by atoms with Gasteiger partial charge >= 0.3 is 5.97 Å². The van der Waals surface area contributed by atoms with Crippen LogP contribution in [0.4, 0.5) is 5.69 Å². The standard InChI is InChI=1S/C13H14N2O4S/c1-8-3-4-9(2)11(5-8)15-20(18,19)10-6-12(13(16)17)14-7-10/h3-7,14-15H,1-2H3,(H,16,17). The number of H-pyrrole nitrogens is 1. The Balaban J connectivity index is 2.35. The fourth-order valence-corrected chi connectivity index (χ4v) is 2.82. The van der Waals surface area contributed by atoms with E-state index < -0.39 is 16.0 Å². The zero-order chi connectivity index (χ0) is 14.9. The van der Waals surface area contributed by atoms with Crippen LogP contribution in [0.2, 0.25) is 0 Å². The largest absolute Gasteiger partial charge is 0.477 e. The number of aryl methyl sites for hydroxylation is 2. The molecule has 0 unspecified atom stereocenters. The van der Waals surface area contributed by atoms with Crippen molar-refractivity contribution in [3.05, 3.63) is 47.3 Å². The van der Waals surface area contributed by atoms with E-state index in [9.17, 15) is 13.2 Å². The summed E-state index contributed by atoms with van der Waals surface area (Å²) in [6.45, 7) is 3.65. The van der Waals surface area contributed by atoms with Crippen molar-refractivity contribution in [2.45, 2.75) is 18.7 Å². The van der Waals surface area contributed by atoms with Crippen molar-refractivity contribution < 1.29 is 18.3 Å². The van der Waals surface area contributed by atoms with E-state index in [0.717, 1.165) is 23.4 Å². The Bertz CT molecular complexity index is 762. The van der Waals surface area contributed by atoms with Gasteiger partial charge in [0.25, 0.3) is 10.0 Å². The second-order valence-corrected chi connectivity index (χ2v) is 6.16. The second kappa shape index (κ2) is 5.01. The number of nitrogens with one attached hydrogen (secondary N) is 2. The van der Waals surface area contributed by atoms with Gasteiger partial charge in [-0.15, -0.1) is 0 Å². The highest BCUT2D eigenvalue weighted by Gasteiger charge is 2.19. The Hall–Kier alpha value is -2.28. The van der Waals surface area contributed by atoms with Gasteiger partial charge in [-0.25, -0.2) is 13.2 Å². The Labute approximate surface area is 116 Å². The maximum Gasteiger partial charge on any atom is 0.352 e. The van der Waals surface area contributed by atoms with E-state index in [-0.39, 0.29) is 10.6 Å². The lowest BCUT2D eigenvalue weighted by molar-refractivity contribution is 0.0691. The summed E-state index contributed by atoms with van der Waals surface area (Å²) in [4.78, 5) is 13.0. The average molecular weight is 294 g/mol. The number of anilines is 1. The van der Waals surface area contributed by atoms with Gasteiger partial charge in [0.1, 0.15) is 10.6 Å². The van der Waals surface area contributed by atoms with Gasteiger partial charge in [-0.1, -0.05) is 12.1 Å². The van der Waals surface area contributed by atoms with Crippen molar-refractivity contribution in [1.82, 2.24) is 4.98 Å². The van der Waals surface area contributed by atoms with Crippen LogP contribution in [0.3, 0.4) is 0 Å². The van der Waals surface area contributed by atoms with Crippen LogP contribution in [-0.2, 0) is 10.0 Å². The summed E-state index contributed by atoms with van der Waals surface area (Å²) >= 11 is 0. The highest BCUT2D eigenvalue weighted by atomic mass is 32.2. The van der Waals surface area contributed by atoms with Gasteiger partial charge in [0, 0.05) is 6.20 Å². The molecule has 1 aromatic carbocycles. The van der Waals surface area contributed by atoms with E-state index in [4.69, 9.17) is 5.11 Å². The molecular weight excluding hydrogens is 280 g/mol. The first-order valence-electron chi connectivity index (χ1n) is 5.81. The number of benzene rings is 1. The summed E-state index contributed by atoms with van der Waals surface area (Å²) in [6, 6.07) is 6.49. The first kappa shape index (κ1) is 14.1. The minimum absolute atomic E-state index is 0.115. The Morgan fingerprint density at radius 2 is 1.95 bits per heavy atom. The Morgan fingerprint density at radius 1 is 1.25 bits per heavy atom. The third-order valence-electron chi connectivity index (χ3n) is 2.83. The quantitative estimate of drug-likeness (QED) is 0.804. The van der Waals surface area contributed by atoms with Crippen LogP contribution in [0.25, 0.3) is 0 Å². The third-order valence-corrected chi connectivity index (χ3v) is 4.18. The van der Waals surface area contributed by atoms with Crippen molar-refractivity contribution in [2.24, 2.45) is 0 Å². The molecule has 0 fully saturated rings. The van der Waals surface area contributed by atoms with E-state index in [1.54, 1.807) is 13.0 Å². The minimum Gasteiger partial charge on any atom is -0.477 e. The number of aromatic amines is 1. The summed E-state index contributed by atoms with van der Waals surface area (Å²) in [5, 5.41) is 8.79. The summed E-state index contributed by atoms with van der Waals surface area (Å²) in [5.41, 5.74) is 2.01. The van der Waals surface area contributed by atoms with Crippen LogP contribution < -0.4 is 4.72 Å². The molecule has 3 N–H and O–H groups in total. The molecule has 0 bridgehead atoms. The molecule has 0 aliphatic rings. The third kappa shape index (κ3) is 2.83. The summed E-state index contributed by atoms with van der Waals surface area (Å²) in [7, 11) is -3.81. The number of hydrogen-bond acceptors (Lipinski definition) is 3. The zero-order valence-electron chi connectivity index (χ0n) is 11.0. The molecule has 0 amide bonds. The molecule has 0 saturated heterocycles. The van der Waals surface area contributed by atoms with Crippen molar-refractivity contribution in [3.8, 4) is 0 Å². The molecule has 2 aromatic rings. The van der Waals surface area contributed by atoms with E-state index in [0.29, 0.717) is 5.69 Å². The van der Waals surface area contributed by atoms with Crippen molar-refractivity contribution in [1.29, 1.82) is 0 Å². The fraction of sp³-hybridized carbons (Fsp3) is 0.154. The number of aromatic carboxylic acids is 1.